The Bertz CT molecular complexity index is 1570. The van der Waals surface area contributed by atoms with E-state index in [0.717, 1.165) is 15.8 Å². The zero-order valence-electron chi connectivity index (χ0n) is 21.1. The first kappa shape index (κ1) is 30.7. The monoisotopic (exact) mass is 588 g/mol. The minimum absolute atomic E-state index is 0.143. The number of carboxylic acids is 1. The van der Waals surface area contributed by atoms with Gasteiger partial charge in [0.2, 0.25) is 0 Å². The number of carboxylic acid groups (broad SMARTS) is 1. The fourth-order valence-corrected chi connectivity index (χ4v) is 4.45. The number of hydrogen-bond acceptors (Lipinski definition) is 9. The number of ether oxygens (including phenoxy) is 2. The first-order valence-electron chi connectivity index (χ1n) is 11.7. The second-order valence-corrected chi connectivity index (χ2v) is 9.05. The van der Waals surface area contributed by atoms with Crippen molar-refractivity contribution >= 4 is 39.1 Å². The first-order chi connectivity index (χ1) is 19.5. The number of nitrogens with two attached hydrogens (primary N) is 1. The molecule has 5 N–H and O–H groups in total. The highest BCUT2D eigenvalue weighted by molar-refractivity contribution is 7.17. The van der Waals surface area contributed by atoms with Crippen molar-refractivity contribution in [1.82, 2.24) is 10.3 Å². The van der Waals surface area contributed by atoms with Gasteiger partial charge in [-0.3, -0.25) is 4.79 Å². The van der Waals surface area contributed by atoms with E-state index in [0.29, 0.717) is 40.4 Å². The summed E-state index contributed by atoms with van der Waals surface area (Å²) in [7, 11) is 0. The van der Waals surface area contributed by atoms with Crippen LogP contribution in [0, 0.1) is 11.3 Å². The number of carbonyl (C=O) groups excluding carboxylic acids is 1. The molecule has 0 bridgehead atoms. The molecule has 41 heavy (non-hydrogen) atoms. The van der Waals surface area contributed by atoms with Gasteiger partial charge in [-0.05, 0) is 35.2 Å². The third-order valence-corrected chi connectivity index (χ3v) is 6.31. The highest BCUT2D eigenvalue weighted by Gasteiger charge is 2.38. The zero-order chi connectivity index (χ0) is 30.0. The number of thiophene rings is 1. The number of fused-ring (bicyclic) bond motifs is 1. The van der Waals surface area contributed by atoms with Gasteiger partial charge in [-0.1, -0.05) is 18.2 Å². The number of aliphatic hydroxyl groups excluding tert-OH is 1. The summed E-state index contributed by atoms with van der Waals surface area (Å²) in [4.78, 5) is 25.5. The largest absolute Gasteiger partial charge is 0.490 e. The smallest absolute Gasteiger partial charge is 0.489 e. The van der Waals surface area contributed by atoms with Gasteiger partial charge >= 0.3 is 12.1 Å². The van der Waals surface area contributed by atoms with E-state index in [9.17, 15) is 18.0 Å². The van der Waals surface area contributed by atoms with E-state index < -0.39 is 12.1 Å². The van der Waals surface area contributed by atoms with Gasteiger partial charge in [-0.25, -0.2) is 9.78 Å². The molecular weight excluding hydrogens is 565 g/mol. The molecule has 0 aliphatic heterocycles. The van der Waals surface area contributed by atoms with Crippen LogP contribution >= 0.6 is 11.3 Å². The number of nitrogen functional groups attached to an aromatic ring is 1. The number of benzene rings is 2. The molecule has 4 rings (SSSR count). The van der Waals surface area contributed by atoms with E-state index in [2.05, 4.69) is 16.4 Å². The summed E-state index contributed by atoms with van der Waals surface area (Å²) in [5.41, 5.74) is 8.82. The highest BCUT2D eigenvalue weighted by atomic mass is 32.1. The summed E-state index contributed by atoms with van der Waals surface area (Å²) in [5.74, 6) is -1.49. The van der Waals surface area contributed by atoms with E-state index >= 15 is 0 Å². The summed E-state index contributed by atoms with van der Waals surface area (Å²) in [6.45, 7) is 0.586. The zero-order valence-corrected chi connectivity index (χ0v) is 22.0. The van der Waals surface area contributed by atoms with Crippen molar-refractivity contribution in [3.05, 3.63) is 82.4 Å². The number of anilines is 1. The molecule has 1 amide bonds. The van der Waals surface area contributed by atoms with Crippen LogP contribution in [-0.2, 0) is 18.0 Å². The molecule has 2 aromatic carbocycles. The highest BCUT2D eigenvalue weighted by Crippen LogP contribution is 2.33. The number of hydrogen-bond donors (Lipinski definition) is 4. The molecule has 2 aromatic heterocycles. The number of carbonyl (C=O) groups is 2. The Morgan fingerprint density at radius 2 is 1.76 bits per heavy atom. The molecule has 0 saturated carbocycles. The van der Waals surface area contributed by atoms with E-state index in [1.54, 1.807) is 18.2 Å². The molecule has 0 aliphatic carbocycles. The van der Waals surface area contributed by atoms with E-state index in [1.807, 2.05) is 35.7 Å². The van der Waals surface area contributed by atoms with Gasteiger partial charge in [0, 0.05) is 29.8 Å². The SMILES string of the molecule is N#Cc1cccc(COc2cccc(OCc3csc4c(C(=O)NCCO)cnc(N)c34)c2)c1.O=C(O)C(F)(F)F. The second kappa shape index (κ2) is 14.0. The molecule has 0 atom stereocenters. The van der Waals surface area contributed by atoms with Gasteiger partial charge in [0.15, 0.2) is 0 Å². The lowest BCUT2D eigenvalue weighted by molar-refractivity contribution is -0.192. The van der Waals surface area contributed by atoms with E-state index in [4.69, 9.17) is 35.5 Å². The lowest BCUT2D eigenvalue weighted by atomic mass is 10.1. The number of aliphatic carboxylic acids is 1. The Hall–Kier alpha value is -4.87. The minimum Gasteiger partial charge on any atom is -0.489 e. The number of alkyl halides is 3. The molecule has 4 aromatic rings. The third kappa shape index (κ3) is 8.56. The standard InChI is InChI=1S/C25H22N4O4S.C2HF3O2/c26-11-16-3-1-4-17(9-16)13-32-19-5-2-6-20(10-19)33-14-18-15-34-23-21(25(31)28-7-8-30)12-29-24(27)22(18)23;3-2(4,5)1(6)7/h1-6,9-10,12,15,30H,7-8,13-14H2,(H2,27,29)(H,28,31);(H,6,7). The molecular formula is C27H23F3N4O6S. The number of nitriles is 1. The summed E-state index contributed by atoms with van der Waals surface area (Å²) >= 11 is 1.39. The summed E-state index contributed by atoms with van der Waals surface area (Å²) < 4.78 is 44.3. The molecule has 14 heteroatoms. The number of nitrogens with zero attached hydrogens (tertiary/aromatic N) is 2. The molecule has 0 spiro atoms. The number of amides is 1. The summed E-state index contributed by atoms with van der Waals surface area (Å²) in [6, 6.07) is 16.7. The summed E-state index contributed by atoms with van der Waals surface area (Å²) in [6.07, 6.45) is -3.64. The Balaban J connectivity index is 0.000000587. The number of aliphatic hydroxyl groups is 1. The number of rotatable bonds is 9. The third-order valence-electron chi connectivity index (χ3n) is 5.25. The number of pyridine rings is 1. The van der Waals surface area contributed by atoms with E-state index in [1.165, 1.54) is 17.5 Å². The lowest BCUT2D eigenvalue weighted by Gasteiger charge is -2.10. The normalized spacial score (nSPS) is 10.7. The quantitative estimate of drug-likeness (QED) is 0.223. The molecule has 0 fully saturated rings. The van der Waals surface area contributed by atoms with Crippen LogP contribution in [0.3, 0.4) is 0 Å². The predicted molar refractivity (Wildman–Crippen MR) is 143 cm³/mol. The van der Waals surface area contributed by atoms with Gasteiger partial charge in [-0.2, -0.15) is 18.4 Å². The van der Waals surface area contributed by atoms with Crippen molar-refractivity contribution in [2.45, 2.75) is 19.4 Å². The van der Waals surface area contributed by atoms with Gasteiger partial charge in [0.05, 0.1) is 28.5 Å². The maximum atomic E-state index is 12.4. The Morgan fingerprint density at radius 1 is 1.10 bits per heavy atom. The maximum Gasteiger partial charge on any atom is 0.490 e. The lowest BCUT2D eigenvalue weighted by Crippen LogP contribution is -2.26. The van der Waals surface area contributed by atoms with Gasteiger partial charge in [0.25, 0.3) is 5.91 Å². The Labute approximate surface area is 235 Å². The van der Waals surface area contributed by atoms with Gasteiger partial charge in [-0.15, -0.1) is 11.3 Å². The topological polar surface area (TPSA) is 168 Å². The van der Waals surface area contributed by atoms with Crippen molar-refractivity contribution in [2.75, 3.05) is 18.9 Å². The molecule has 214 valence electrons. The van der Waals surface area contributed by atoms with Crippen molar-refractivity contribution in [1.29, 1.82) is 5.26 Å². The molecule has 10 nitrogen and oxygen atoms in total. The Morgan fingerprint density at radius 3 is 2.39 bits per heavy atom. The molecule has 0 aliphatic rings. The summed E-state index contributed by atoms with van der Waals surface area (Å²) in [5, 5.41) is 30.3. The number of nitrogens with one attached hydrogen (secondary N) is 1. The first-order valence-corrected chi connectivity index (χ1v) is 12.6. The van der Waals surface area contributed by atoms with Crippen molar-refractivity contribution in [3.8, 4) is 17.6 Å². The number of aromatic nitrogens is 1. The van der Waals surface area contributed by atoms with Crippen LogP contribution in [0.1, 0.15) is 27.0 Å². The van der Waals surface area contributed by atoms with Gasteiger partial charge < -0.3 is 30.7 Å². The molecule has 0 unspecified atom stereocenters. The van der Waals surface area contributed by atoms with Crippen LogP contribution in [0.5, 0.6) is 11.5 Å². The minimum atomic E-state index is -5.08. The maximum absolute atomic E-state index is 12.4. The van der Waals surface area contributed by atoms with Crippen molar-refractivity contribution in [2.24, 2.45) is 0 Å². The average Bonchev–Trinajstić information content (AvgIpc) is 3.39. The van der Waals surface area contributed by atoms with Gasteiger partial charge in [0.1, 0.15) is 30.5 Å². The van der Waals surface area contributed by atoms with Crippen LogP contribution < -0.4 is 20.5 Å². The average molecular weight is 589 g/mol. The molecule has 0 radical (unpaired) electrons. The number of halogens is 3. The van der Waals surface area contributed by atoms with Crippen LogP contribution in [0.4, 0.5) is 19.0 Å². The fraction of sp³-hybridized carbons (Fsp3) is 0.185. The van der Waals surface area contributed by atoms with Crippen LogP contribution in [0.25, 0.3) is 10.1 Å². The van der Waals surface area contributed by atoms with Crippen LogP contribution in [-0.4, -0.2) is 46.4 Å². The van der Waals surface area contributed by atoms with Crippen molar-refractivity contribution in [3.63, 3.8) is 0 Å². The van der Waals surface area contributed by atoms with E-state index in [-0.39, 0.29) is 25.7 Å². The predicted octanol–water partition coefficient (Wildman–Crippen LogP) is 4.26. The molecule has 2 heterocycles. The van der Waals surface area contributed by atoms with Crippen LogP contribution in [0.15, 0.2) is 60.1 Å². The second-order valence-electron chi connectivity index (χ2n) is 8.17. The fourth-order valence-electron chi connectivity index (χ4n) is 3.37. The molecule has 0 saturated heterocycles. The Kier molecular flexibility index (Phi) is 10.4. The van der Waals surface area contributed by atoms with Crippen LogP contribution in [0.2, 0.25) is 0 Å². The van der Waals surface area contributed by atoms with Crippen molar-refractivity contribution < 1.29 is 42.4 Å².